The Kier molecular flexibility index (Phi) is 7.78. The summed E-state index contributed by atoms with van der Waals surface area (Å²) in [7, 11) is 0. The molecule has 0 aromatic heterocycles. The molecule has 2 amide bonds. The van der Waals surface area contributed by atoms with Crippen molar-refractivity contribution in [2.24, 2.45) is 0 Å². The highest BCUT2D eigenvalue weighted by atomic mass is 16.6. The Morgan fingerprint density at radius 2 is 1.27 bits per heavy atom. The number of benzene rings is 3. The third-order valence-corrected chi connectivity index (χ3v) is 6.26. The molecule has 1 heterocycles. The van der Waals surface area contributed by atoms with E-state index < -0.39 is 10.8 Å². The molecule has 188 valence electrons. The van der Waals surface area contributed by atoms with Gasteiger partial charge >= 0.3 is 0 Å². The van der Waals surface area contributed by atoms with Crippen LogP contribution >= 0.6 is 0 Å². The summed E-state index contributed by atoms with van der Waals surface area (Å²) in [5.41, 5.74) is 4.08. The fraction of sp³-hybridized carbons (Fsp3) is 0.172. The number of carbonyl (C=O) groups is 2. The number of nitro benzene ring substituents is 1. The first-order chi connectivity index (χ1) is 17.8. The van der Waals surface area contributed by atoms with Crippen molar-refractivity contribution in [1.29, 1.82) is 0 Å². The van der Waals surface area contributed by atoms with E-state index >= 15 is 0 Å². The molecule has 8 heteroatoms. The second-order valence-corrected chi connectivity index (χ2v) is 8.82. The average Bonchev–Trinajstić information content (AvgIpc) is 2.91. The van der Waals surface area contributed by atoms with E-state index in [9.17, 15) is 19.7 Å². The van der Waals surface area contributed by atoms with Crippen LogP contribution in [-0.4, -0.2) is 16.7 Å². The van der Waals surface area contributed by atoms with Crippen LogP contribution in [0.1, 0.15) is 36.5 Å². The van der Waals surface area contributed by atoms with E-state index in [1.54, 1.807) is 26.0 Å². The van der Waals surface area contributed by atoms with E-state index in [0.717, 1.165) is 11.1 Å². The Hall–Kier alpha value is -4.72. The zero-order chi connectivity index (χ0) is 26.4. The summed E-state index contributed by atoms with van der Waals surface area (Å²) in [5, 5.41) is 20.6. The van der Waals surface area contributed by atoms with Crippen molar-refractivity contribution >= 4 is 17.5 Å². The Morgan fingerprint density at radius 3 is 1.73 bits per heavy atom. The number of dihydropyridines is 1. The van der Waals surface area contributed by atoms with Gasteiger partial charge < -0.3 is 16.0 Å². The van der Waals surface area contributed by atoms with Crippen LogP contribution in [0.15, 0.2) is 107 Å². The van der Waals surface area contributed by atoms with Gasteiger partial charge in [0.25, 0.3) is 5.69 Å². The van der Waals surface area contributed by atoms with Gasteiger partial charge in [-0.25, -0.2) is 0 Å². The molecule has 3 N–H and O–H groups in total. The number of allylic oxidation sites excluding steroid dienone is 2. The predicted octanol–water partition coefficient (Wildman–Crippen LogP) is 4.46. The summed E-state index contributed by atoms with van der Waals surface area (Å²) in [5.74, 6) is -1.51. The number of non-ortho nitro benzene ring substituents is 1. The molecular weight excluding hydrogens is 468 g/mol. The maximum Gasteiger partial charge on any atom is 0.269 e. The molecular formula is C29H28N4O4. The summed E-state index contributed by atoms with van der Waals surface area (Å²) in [4.78, 5) is 38.1. The molecule has 8 nitrogen and oxygen atoms in total. The molecule has 1 aliphatic heterocycles. The van der Waals surface area contributed by atoms with Crippen LogP contribution in [0.3, 0.4) is 0 Å². The Morgan fingerprint density at radius 1 is 0.784 bits per heavy atom. The van der Waals surface area contributed by atoms with E-state index in [0.29, 0.717) is 41.2 Å². The lowest BCUT2D eigenvalue weighted by Gasteiger charge is -2.31. The van der Waals surface area contributed by atoms with Gasteiger partial charge in [-0.1, -0.05) is 72.8 Å². The molecule has 0 saturated carbocycles. The minimum atomic E-state index is -0.798. The van der Waals surface area contributed by atoms with Crippen molar-refractivity contribution in [3.05, 3.63) is 134 Å². The third-order valence-electron chi connectivity index (χ3n) is 6.26. The van der Waals surface area contributed by atoms with Crippen molar-refractivity contribution < 1.29 is 14.5 Å². The molecule has 0 bridgehead atoms. The number of amides is 2. The minimum Gasteiger partial charge on any atom is -0.362 e. The van der Waals surface area contributed by atoms with Crippen LogP contribution in [0, 0.1) is 10.1 Å². The molecule has 0 unspecified atom stereocenters. The van der Waals surface area contributed by atoms with Crippen molar-refractivity contribution in [2.45, 2.75) is 32.9 Å². The molecule has 4 rings (SSSR count). The van der Waals surface area contributed by atoms with E-state index in [-0.39, 0.29) is 17.5 Å². The van der Waals surface area contributed by atoms with Gasteiger partial charge in [-0.2, -0.15) is 0 Å². The lowest BCUT2D eigenvalue weighted by molar-refractivity contribution is -0.384. The second-order valence-electron chi connectivity index (χ2n) is 8.82. The highest BCUT2D eigenvalue weighted by Crippen LogP contribution is 2.39. The molecule has 3 aromatic rings. The molecule has 1 aliphatic rings. The SMILES string of the molecule is CC1=C(C(=O)NCc2ccccc2)C(c2cccc([N+](=O)[O-])c2)C(C(=O)NCc2ccccc2)=C(C)N1. The molecule has 0 saturated heterocycles. The van der Waals surface area contributed by atoms with Crippen LogP contribution in [0.25, 0.3) is 0 Å². The van der Waals surface area contributed by atoms with Gasteiger partial charge in [-0.3, -0.25) is 19.7 Å². The standard InChI is InChI=1S/C29H28N4O4/c1-19-25(28(34)30-17-21-10-5-3-6-11-21)27(23-14-9-15-24(16-23)33(36)37)26(20(2)32-19)29(35)31-18-22-12-7-4-8-13-22/h3-16,27,32H,17-18H2,1-2H3,(H,30,34)(H,31,35). The number of carbonyl (C=O) groups excluding carboxylic acids is 2. The highest BCUT2D eigenvalue weighted by Gasteiger charge is 2.36. The fourth-order valence-electron chi connectivity index (χ4n) is 4.49. The summed E-state index contributed by atoms with van der Waals surface area (Å²) in [6.45, 7) is 4.14. The number of rotatable bonds is 8. The molecule has 0 fully saturated rings. The lowest BCUT2D eigenvalue weighted by atomic mass is 9.79. The molecule has 37 heavy (non-hydrogen) atoms. The topological polar surface area (TPSA) is 113 Å². The Balaban J connectivity index is 1.70. The van der Waals surface area contributed by atoms with Crippen molar-refractivity contribution in [1.82, 2.24) is 16.0 Å². The number of hydrogen-bond donors (Lipinski definition) is 3. The van der Waals surface area contributed by atoms with Gasteiger partial charge in [0.1, 0.15) is 0 Å². The first-order valence-electron chi connectivity index (χ1n) is 11.9. The summed E-state index contributed by atoms with van der Waals surface area (Å²) in [6, 6.07) is 25.1. The van der Waals surface area contributed by atoms with E-state index in [1.165, 1.54) is 12.1 Å². The van der Waals surface area contributed by atoms with Crippen molar-refractivity contribution in [3.63, 3.8) is 0 Å². The zero-order valence-electron chi connectivity index (χ0n) is 20.7. The fourth-order valence-corrected chi connectivity index (χ4v) is 4.49. The smallest absolute Gasteiger partial charge is 0.269 e. The van der Waals surface area contributed by atoms with E-state index in [4.69, 9.17) is 0 Å². The number of hydrogen-bond acceptors (Lipinski definition) is 5. The van der Waals surface area contributed by atoms with Crippen LogP contribution < -0.4 is 16.0 Å². The van der Waals surface area contributed by atoms with Gasteiger partial charge in [0, 0.05) is 53.7 Å². The van der Waals surface area contributed by atoms with Gasteiger partial charge in [-0.15, -0.1) is 0 Å². The van der Waals surface area contributed by atoms with Crippen LogP contribution in [0.2, 0.25) is 0 Å². The Labute approximate surface area is 215 Å². The minimum absolute atomic E-state index is 0.112. The number of nitrogens with one attached hydrogen (secondary N) is 3. The number of nitro groups is 1. The highest BCUT2D eigenvalue weighted by molar-refractivity contribution is 6.03. The van der Waals surface area contributed by atoms with Crippen LogP contribution in [-0.2, 0) is 22.7 Å². The zero-order valence-corrected chi connectivity index (χ0v) is 20.7. The van der Waals surface area contributed by atoms with Crippen molar-refractivity contribution in [2.75, 3.05) is 0 Å². The largest absolute Gasteiger partial charge is 0.362 e. The maximum absolute atomic E-state index is 13.5. The summed E-state index contributed by atoms with van der Waals surface area (Å²) in [6.07, 6.45) is 0. The first-order valence-corrected chi connectivity index (χ1v) is 11.9. The summed E-state index contributed by atoms with van der Waals surface area (Å²) < 4.78 is 0. The average molecular weight is 497 g/mol. The Bertz CT molecular complexity index is 1300. The van der Waals surface area contributed by atoms with Gasteiger partial charge in [-0.05, 0) is 30.5 Å². The summed E-state index contributed by atoms with van der Waals surface area (Å²) >= 11 is 0. The van der Waals surface area contributed by atoms with E-state index in [2.05, 4.69) is 16.0 Å². The van der Waals surface area contributed by atoms with E-state index in [1.807, 2.05) is 60.7 Å². The van der Waals surface area contributed by atoms with Gasteiger partial charge in [0.05, 0.1) is 4.92 Å². The molecule has 3 aromatic carbocycles. The van der Waals surface area contributed by atoms with Gasteiger partial charge in [0.15, 0.2) is 0 Å². The second kappa shape index (κ2) is 11.3. The predicted molar refractivity (Wildman–Crippen MR) is 141 cm³/mol. The normalized spacial score (nSPS) is 13.7. The third kappa shape index (κ3) is 5.92. The quantitative estimate of drug-likeness (QED) is 0.315. The molecule has 0 aliphatic carbocycles. The van der Waals surface area contributed by atoms with Crippen molar-refractivity contribution in [3.8, 4) is 0 Å². The monoisotopic (exact) mass is 496 g/mol. The van der Waals surface area contributed by atoms with Crippen LogP contribution in [0.4, 0.5) is 5.69 Å². The van der Waals surface area contributed by atoms with Gasteiger partial charge in [0.2, 0.25) is 11.8 Å². The maximum atomic E-state index is 13.5. The van der Waals surface area contributed by atoms with Crippen LogP contribution in [0.5, 0.6) is 0 Å². The first kappa shape index (κ1) is 25.4. The molecule has 0 atom stereocenters. The number of nitrogens with zero attached hydrogens (tertiary/aromatic N) is 1. The molecule has 0 spiro atoms. The molecule has 0 radical (unpaired) electrons. The lowest BCUT2D eigenvalue weighted by Crippen LogP contribution is -2.38.